The number of nitrogens with one attached hydrogen (secondary N) is 1. The average molecular weight is 303 g/mol. The molecule has 0 bridgehead atoms. The summed E-state index contributed by atoms with van der Waals surface area (Å²) in [5.74, 6) is 0.963. The molecule has 3 rings (SSSR count). The van der Waals surface area contributed by atoms with Gasteiger partial charge in [0.1, 0.15) is 0 Å². The normalized spacial score (nSPS) is 10.5. The molecule has 3 heterocycles. The Hall–Kier alpha value is -3.10. The minimum absolute atomic E-state index is 0.0673. The van der Waals surface area contributed by atoms with Crippen molar-refractivity contribution in [3.63, 3.8) is 0 Å². The predicted octanol–water partition coefficient (Wildman–Crippen LogP) is 1.70. The van der Waals surface area contributed by atoms with Gasteiger partial charge in [-0.15, -0.1) is 0 Å². The number of amides is 1. The number of hydrogen-bond donors (Lipinski definition) is 1. The number of carbonyl (C=O) groups excluding carboxylic acids is 1. The lowest BCUT2D eigenvalue weighted by molar-refractivity contribution is 0.195. The molecule has 0 aromatic carbocycles. The summed E-state index contributed by atoms with van der Waals surface area (Å²) >= 11 is 0. The van der Waals surface area contributed by atoms with Gasteiger partial charge in [0, 0.05) is 6.54 Å². The first-order valence-electron chi connectivity index (χ1n) is 6.61. The molecule has 0 aliphatic carbocycles. The van der Waals surface area contributed by atoms with E-state index >= 15 is 0 Å². The van der Waals surface area contributed by atoms with Crippen LogP contribution >= 0.6 is 0 Å². The number of hydrogen-bond acceptors (Lipinski definition) is 7. The molecule has 3 aromatic rings. The molecule has 0 saturated heterocycles. The van der Waals surface area contributed by atoms with E-state index in [0.29, 0.717) is 31.0 Å². The van der Waals surface area contributed by atoms with Crippen LogP contribution in [0, 0.1) is 0 Å². The molecule has 114 valence electrons. The number of carbonyl (C=O) groups is 1. The molecule has 0 fully saturated rings. The zero-order valence-electron chi connectivity index (χ0n) is 11.5. The Morgan fingerprint density at radius 1 is 1.32 bits per heavy atom. The predicted molar refractivity (Wildman–Crippen MR) is 72.9 cm³/mol. The van der Waals surface area contributed by atoms with E-state index in [2.05, 4.69) is 20.7 Å². The van der Waals surface area contributed by atoms with Gasteiger partial charge in [-0.3, -0.25) is 0 Å². The third-order valence-electron chi connectivity index (χ3n) is 2.72. The van der Waals surface area contributed by atoms with Crippen molar-refractivity contribution in [2.45, 2.75) is 13.0 Å². The number of ether oxygens (including phenoxy) is 1. The maximum absolute atomic E-state index is 11.6. The van der Waals surface area contributed by atoms with Gasteiger partial charge < -0.3 is 19.0 Å². The first-order valence-corrected chi connectivity index (χ1v) is 6.61. The van der Waals surface area contributed by atoms with Gasteiger partial charge in [0.15, 0.2) is 5.76 Å². The van der Waals surface area contributed by atoms with Crippen LogP contribution in [0.4, 0.5) is 4.79 Å². The smallest absolute Gasteiger partial charge is 0.414 e. The van der Waals surface area contributed by atoms with Crippen LogP contribution in [0.3, 0.4) is 0 Å². The molecular formula is C13H13N5O4. The van der Waals surface area contributed by atoms with E-state index in [0.717, 1.165) is 0 Å². The third kappa shape index (κ3) is 3.51. The van der Waals surface area contributed by atoms with E-state index in [4.69, 9.17) is 13.7 Å². The van der Waals surface area contributed by atoms with Gasteiger partial charge in [0.05, 0.1) is 31.3 Å². The lowest BCUT2D eigenvalue weighted by Crippen LogP contribution is -2.28. The van der Waals surface area contributed by atoms with E-state index in [1.54, 1.807) is 29.3 Å². The van der Waals surface area contributed by atoms with E-state index in [-0.39, 0.29) is 5.88 Å². The lowest BCUT2D eigenvalue weighted by atomic mass is 10.3. The first kappa shape index (κ1) is 13.9. The van der Waals surface area contributed by atoms with Crippen LogP contribution in [0.15, 0.2) is 45.8 Å². The fourth-order valence-electron chi connectivity index (χ4n) is 1.74. The van der Waals surface area contributed by atoms with E-state index in [9.17, 15) is 4.79 Å². The summed E-state index contributed by atoms with van der Waals surface area (Å²) in [7, 11) is 0. The van der Waals surface area contributed by atoms with E-state index < -0.39 is 6.09 Å². The molecule has 1 amide bonds. The van der Waals surface area contributed by atoms with Crippen LogP contribution in [0.1, 0.15) is 6.42 Å². The Labute approximate surface area is 124 Å². The Kier molecular flexibility index (Phi) is 4.14. The topological polar surface area (TPSA) is 108 Å². The molecule has 1 N–H and O–H groups in total. The lowest BCUT2D eigenvalue weighted by Gasteiger charge is -2.03. The highest BCUT2D eigenvalue weighted by molar-refractivity contribution is 5.70. The Bertz CT molecular complexity index is 705. The van der Waals surface area contributed by atoms with Crippen LogP contribution < -0.4 is 10.1 Å². The first-order chi connectivity index (χ1) is 10.8. The zero-order chi connectivity index (χ0) is 15.2. The van der Waals surface area contributed by atoms with Crippen LogP contribution in [0.5, 0.6) is 5.88 Å². The highest BCUT2D eigenvalue weighted by atomic mass is 16.6. The number of rotatable bonds is 6. The van der Waals surface area contributed by atoms with Gasteiger partial charge in [-0.2, -0.15) is 15.0 Å². The third-order valence-corrected chi connectivity index (χ3v) is 2.72. The monoisotopic (exact) mass is 303 g/mol. The van der Waals surface area contributed by atoms with Crippen molar-refractivity contribution in [1.82, 2.24) is 25.5 Å². The van der Waals surface area contributed by atoms with Gasteiger partial charge in [0.25, 0.3) is 5.88 Å². The maximum atomic E-state index is 11.6. The van der Waals surface area contributed by atoms with Crippen molar-refractivity contribution in [3.8, 4) is 17.4 Å². The van der Waals surface area contributed by atoms with Crippen LogP contribution in [-0.2, 0) is 6.54 Å². The largest absolute Gasteiger partial charge is 0.461 e. The summed E-state index contributed by atoms with van der Waals surface area (Å²) in [5.41, 5.74) is 0. The Morgan fingerprint density at radius 2 is 2.18 bits per heavy atom. The highest BCUT2D eigenvalue weighted by Crippen LogP contribution is 2.23. The summed E-state index contributed by atoms with van der Waals surface area (Å²) in [4.78, 5) is 13.1. The van der Waals surface area contributed by atoms with Gasteiger partial charge in [-0.05, 0) is 23.7 Å². The van der Waals surface area contributed by atoms with Gasteiger partial charge >= 0.3 is 6.09 Å². The number of nitrogens with zero attached hydrogens (tertiary/aromatic N) is 4. The molecule has 0 spiro atoms. The number of aromatic nitrogens is 4. The summed E-state index contributed by atoms with van der Waals surface area (Å²) < 4.78 is 15.2. The molecule has 0 saturated carbocycles. The molecular weight excluding hydrogens is 290 g/mol. The molecule has 0 aliphatic heterocycles. The Balaban J connectivity index is 1.42. The minimum atomic E-state index is -0.604. The standard InChI is InChI=1S/C13H13N5O4/c19-13(14-4-2-7-18-15-5-6-16-18)21-12-9-11(22-17-12)10-3-1-8-20-10/h1,3,5-6,8-9H,2,4,7H2,(H,14,19). The van der Waals surface area contributed by atoms with Crippen LogP contribution in [0.25, 0.3) is 11.5 Å². The maximum Gasteiger partial charge on any atom is 0.414 e. The zero-order valence-corrected chi connectivity index (χ0v) is 11.5. The van der Waals surface area contributed by atoms with Gasteiger partial charge in [0.2, 0.25) is 5.76 Å². The second kappa shape index (κ2) is 6.57. The quantitative estimate of drug-likeness (QED) is 0.690. The summed E-state index contributed by atoms with van der Waals surface area (Å²) in [6, 6.07) is 4.92. The summed E-state index contributed by atoms with van der Waals surface area (Å²) in [6.07, 6.45) is 4.79. The molecule has 22 heavy (non-hydrogen) atoms. The van der Waals surface area contributed by atoms with E-state index in [1.165, 1.54) is 12.3 Å². The van der Waals surface area contributed by atoms with E-state index in [1.807, 2.05) is 0 Å². The van der Waals surface area contributed by atoms with Gasteiger partial charge in [-0.25, -0.2) is 4.79 Å². The fourth-order valence-corrected chi connectivity index (χ4v) is 1.74. The average Bonchev–Trinajstić information content (AvgIpc) is 3.24. The summed E-state index contributed by atoms with van der Waals surface area (Å²) in [5, 5.41) is 14.2. The molecule has 0 radical (unpaired) electrons. The van der Waals surface area contributed by atoms with Crippen molar-refractivity contribution < 1.29 is 18.5 Å². The van der Waals surface area contributed by atoms with Crippen molar-refractivity contribution in [2.75, 3.05) is 6.54 Å². The van der Waals surface area contributed by atoms with Crippen molar-refractivity contribution in [3.05, 3.63) is 36.9 Å². The second-order valence-corrected chi connectivity index (χ2v) is 4.30. The molecule has 0 atom stereocenters. The Morgan fingerprint density at radius 3 is 2.95 bits per heavy atom. The minimum Gasteiger partial charge on any atom is -0.461 e. The molecule has 0 unspecified atom stereocenters. The van der Waals surface area contributed by atoms with Crippen molar-refractivity contribution in [2.24, 2.45) is 0 Å². The number of furan rings is 1. The molecule has 9 nitrogen and oxygen atoms in total. The molecule has 0 aliphatic rings. The second-order valence-electron chi connectivity index (χ2n) is 4.30. The van der Waals surface area contributed by atoms with Crippen molar-refractivity contribution in [1.29, 1.82) is 0 Å². The summed E-state index contributed by atoms with van der Waals surface area (Å²) in [6.45, 7) is 1.04. The molecule has 9 heteroatoms. The fraction of sp³-hybridized carbons (Fsp3) is 0.231. The van der Waals surface area contributed by atoms with Gasteiger partial charge in [-0.1, -0.05) is 0 Å². The van der Waals surface area contributed by atoms with Crippen molar-refractivity contribution >= 4 is 6.09 Å². The van der Waals surface area contributed by atoms with Crippen LogP contribution in [-0.4, -0.2) is 32.8 Å². The highest BCUT2D eigenvalue weighted by Gasteiger charge is 2.12. The SMILES string of the molecule is O=C(NCCCn1nccn1)Oc1cc(-c2ccco2)on1. The number of aryl methyl sites for hydroxylation is 1. The van der Waals surface area contributed by atoms with Crippen LogP contribution in [0.2, 0.25) is 0 Å². The molecule has 3 aromatic heterocycles.